The molecule has 0 aromatic rings. The van der Waals surface area contributed by atoms with Crippen LogP contribution in [-0.2, 0) is 4.79 Å². The summed E-state index contributed by atoms with van der Waals surface area (Å²) in [7, 11) is 0. The van der Waals surface area contributed by atoms with Gasteiger partial charge in [0.2, 0.25) is 0 Å². The van der Waals surface area contributed by atoms with Crippen LogP contribution in [-0.4, -0.2) is 23.0 Å². The van der Waals surface area contributed by atoms with E-state index in [0.29, 0.717) is 12.8 Å². The Morgan fingerprint density at radius 1 is 1.62 bits per heavy atom. The SMILES string of the molecule is NC1CCC(O)C1=O. The van der Waals surface area contributed by atoms with Gasteiger partial charge in [-0.1, -0.05) is 0 Å². The van der Waals surface area contributed by atoms with Gasteiger partial charge in [-0.3, -0.25) is 4.79 Å². The minimum atomic E-state index is -0.773. The van der Waals surface area contributed by atoms with E-state index in [4.69, 9.17) is 10.8 Å². The van der Waals surface area contributed by atoms with Crippen LogP contribution in [0.1, 0.15) is 12.8 Å². The second-order valence-electron chi connectivity index (χ2n) is 2.10. The van der Waals surface area contributed by atoms with Gasteiger partial charge in [0.1, 0.15) is 6.10 Å². The number of nitrogens with two attached hydrogens (primary N) is 1. The van der Waals surface area contributed by atoms with Gasteiger partial charge in [0.25, 0.3) is 0 Å². The fraction of sp³-hybridized carbons (Fsp3) is 0.800. The highest BCUT2D eigenvalue weighted by Crippen LogP contribution is 2.12. The second kappa shape index (κ2) is 1.84. The Hall–Kier alpha value is -0.410. The lowest BCUT2D eigenvalue weighted by Crippen LogP contribution is -2.29. The highest BCUT2D eigenvalue weighted by Gasteiger charge is 2.29. The smallest absolute Gasteiger partial charge is 0.177 e. The summed E-state index contributed by atoms with van der Waals surface area (Å²) in [5.74, 6) is -0.204. The molecule has 1 aliphatic carbocycles. The third-order valence-corrected chi connectivity index (χ3v) is 1.44. The molecule has 2 atom stereocenters. The zero-order valence-electron chi connectivity index (χ0n) is 4.50. The first-order valence-corrected chi connectivity index (χ1v) is 2.69. The zero-order valence-corrected chi connectivity index (χ0v) is 4.50. The molecule has 8 heavy (non-hydrogen) atoms. The van der Waals surface area contributed by atoms with E-state index >= 15 is 0 Å². The number of hydrogen-bond acceptors (Lipinski definition) is 3. The van der Waals surface area contributed by atoms with Crippen molar-refractivity contribution in [1.29, 1.82) is 0 Å². The van der Waals surface area contributed by atoms with Crippen molar-refractivity contribution in [1.82, 2.24) is 0 Å². The van der Waals surface area contributed by atoms with Crippen molar-refractivity contribution in [3.8, 4) is 0 Å². The molecule has 0 bridgehead atoms. The van der Waals surface area contributed by atoms with Gasteiger partial charge in [-0.15, -0.1) is 0 Å². The molecule has 3 N–H and O–H groups in total. The lowest BCUT2D eigenvalue weighted by molar-refractivity contribution is -0.125. The van der Waals surface area contributed by atoms with Gasteiger partial charge in [-0.25, -0.2) is 0 Å². The number of aliphatic hydroxyl groups is 1. The molecule has 3 heteroatoms. The van der Waals surface area contributed by atoms with Crippen LogP contribution in [0.2, 0.25) is 0 Å². The van der Waals surface area contributed by atoms with Gasteiger partial charge in [0, 0.05) is 0 Å². The van der Waals surface area contributed by atoms with Crippen LogP contribution in [0.5, 0.6) is 0 Å². The molecule has 1 rings (SSSR count). The molecule has 0 aliphatic heterocycles. The fourth-order valence-electron chi connectivity index (χ4n) is 0.869. The van der Waals surface area contributed by atoms with Crippen LogP contribution in [0.15, 0.2) is 0 Å². The molecule has 2 unspecified atom stereocenters. The van der Waals surface area contributed by atoms with Crippen molar-refractivity contribution in [2.75, 3.05) is 0 Å². The van der Waals surface area contributed by atoms with Crippen molar-refractivity contribution in [2.45, 2.75) is 25.0 Å². The van der Waals surface area contributed by atoms with Gasteiger partial charge < -0.3 is 10.8 Å². The molecule has 0 heterocycles. The number of carbonyl (C=O) groups excluding carboxylic acids is 1. The molecule has 3 nitrogen and oxygen atoms in total. The summed E-state index contributed by atoms with van der Waals surface area (Å²) in [6.45, 7) is 0. The topological polar surface area (TPSA) is 63.3 Å². The van der Waals surface area contributed by atoms with Crippen LogP contribution in [0.3, 0.4) is 0 Å². The number of hydrogen-bond donors (Lipinski definition) is 2. The second-order valence-corrected chi connectivity index (χ2v) is 2.10. The summed E-state index contributed by atoms with van der Waals surface area (Å²) in [5.41, 5.74) is 5.26. The van der Waals surface area contributed by atoms with Crippen LogP contribution in [0.25, 0.3) is 0 Å². The molecule has 0 aromatic carbocycles. The van der Waals surface area contributed by atoms with Gasteiger partial charge >= 0.3 is 0 Å². The predicted molar refractivity (Wildman–Crippen MR) is 28.2 cm³/mol. The Balaban J connectivity index is 2.57. The van der Waals surface area contributed by atoms with Gasteiger partial charge in [-0.2, -0.15) is 0 Å². The van der Waals surface area contributed by atoms with Crippen molar-refractivity contribution in [3.05, 3.63) is 0 Å². The predicted octanol–water partition coefficient (Wildman–Crippen LogP) is -0.963. The van der Waals surface area contributed by atoms with E-state index < -0.39 is 12.1 Å². The summed E-state index contributed by atoms with van der Waals surface area (Å²) in [6.07, 6.45) is 0.407. The summed E-state index contributed by atoms with van der Waals surface area (Å²) in [6, 6.07) is -0.398. The molecule has 0 aromatic heterocycles. The first-order valence-electron chi connectivity index (χ1n) is 2.69. The zero-order chi connectivity index (χ0) is 6.15. The summed E-state index contributed by atoms with van der Waals surface area (Å²) in [5, 5.41) is 8.74. The highest BCUT2D eigenvalue weighted by molar-refractivity contribution is 5.89. The Kier molecular flexibility index (Phi) is 1.31. The monoisotopic (exact) mass is 115 g/mol. The van der Waals surface area contributed by atoms with E-state index in [2.05, 4.69) is 0 Å². The molecular weight excluding hydrogens is 106 g/mol. The van der Waals surface area contributed by atoms with Crippen LogP contribution in [0.4, 0.5) is 0 Å². The third-order valence-electron chi connectivity index (χ3n) is 1.44. The van der Waals surface area contributed by atoms with E-state index in [1.165, 1.54) is 0 Å². The third kappa shape index (κ3) is 0.743. The number of ketones is 1. The molecule has 0 radical (unpaired) electrons. The summed E-state index contributed by atoms with van der Waals surface area (Å²) < 4.78 is 0. The van der Waals surface area contributed by atoms with Crippen molar-refractivity contribution >= 4 is 5.78 Å². The molecule has 1 saturated carbocycles. The van der Waals surface area contributed by atoms with E-state index in [0.717, 1.165) is 0 Å². The van der Waals surface area contributed by atoms with Crippen LogP contribution in [0, 0.1) is 0 Å². The van der Waals surface area contributed by atoms with Crippen molar-refractivity contribution < 1.29 is 9.90 Å². The summed E-state index contributed by atoms with van der Waals surface area (Å²) in [4.78, 5) is 10.5. The number of carbonyl (C=O) groups is 1. The molecule has 46 valence electrons. The number of rotatable bonds is 0. The first-order chi connectivity index (χ1) is 3.72. The first kappa shape index (κ1) is 5.72. The van der Waals surface area contributed by atoms with E-state index in [-0.39, 0.29) is 5.78 Å². The standard InChI is InChI=1S/C5H9NO2/c6-3-1-2-4(7)5(3)8/h3-4,7H,1-2,6H2. The largest absolute Gasteiger partial charge is 0.385 e. The Bertz CT molecular complexity index is 101. The minimum Gasteiger partial charge on any atom is -0.385 e. The Labute approximate surface area is 47.5 Å². The van der Waals surface area contributed by atoms with Crippen LogP contribution < -0.4 is 5.73 Å². The van der Waals surface area contributed by atoms with Gasteiger partial charge in [0.15, 0.2) is 5.78 Å². The Morgan fingerprint density at radius 3 is 2.38 bits per heavy atom. The average molecular weight is 115 g/mol. The van der Waals surface area contributed by atoms with E-state index in [9.17, 15) is 4.79 Å². The quantitative estimate of drug-likeness (QED) is 0.427. The molecular formula is C5H9NO2. The van der Waals surface area contributed by atoms with Gasteiger partial charge in [0.05, 0.1) is 6.04 Å². The lowest BCUT2D eigenvalue weighted by Gasteiger charge is -1.96. The molecule has 0 spiro atoms. The maximum Gasteiger partial charge on any atom is 0.177 e. The molecule has 1 aliphatic rings. The van der Waals surface area contributed by atoms with Crippen molar-refractivity contribution in [3.63, 3.8) is 0 Å². The maximum absolute atomic E-state index is 10.5. The van der Waals surface area contributed by atoms with E-state index in [1.807, 2.05) is 0 Å². The number of Topliss-reactive ketones (excluding diaryl/α,β-unsaturated/α-hetero) is 1. The molecule has 1 fully saturated rings. The minimum absolute atomic E-state index is 0.204. The number of aliphatic hydroxyl groups excluding tert-OH is 1. The lowest BCUT2D eigenvalue weighted by atomic mass is 10.2. The fourth-order valence-corrected chi connectivity index (χ4v) is 0.869. The highest BCUT2D eigenvalue weighted by atomic mass is 16.3. The van der Waals surface area contributed by atoms with E-state index in [1.54, 1.807) is 0 Å². The van der Waals surface area contributed by atoms with Crippen LogP contribution >= 0.6 is 0 Å². The van der Waals surface area contributed by atoms with Crippen molar-refractivity contribution in [2.24, 2.45) is 5.73 Å². The molecule has 0 saturated heterocycles. The Morgan fingerprint density at radius 2 is 2.25 bits per heavy atom. The average Bonchev–Trinajstić information content (AvgIpc) is 1.98. The molecule has 0 amide bonds. The summed E-state index contributed by atoms with van der Waals surface area (Å²) >= 11 is 0. The normalized spacial score (nSPS) is 38.5. The van der Waals surface area contributed by atoms with Gasteiger partial charge in [-0.05, 0) is 12.8 Å². The maximum atomic E-state index is 10.5.